The maximum absolute atomic E-state index is 4.03. The van der Waals surface area contributed by atoms with E-state index in [1.54, 1.807) is 0 Å². The summed E-state index contributed by atoms with van der Waals surface area (Å²) in [5.41, 5.74) is 5.26. The van der Waals surface area contributed by atoms with Gasteiger partial charge in [-0.25, -0.2) is 0 Å². The van der Waals surface area contributed by atoms with Crippen molar-refractivity contribution >= 4 is 0 Å². The lowest BCUT2D eigenvalue weighted by Crippen LogP contribution is -2.18. The van der Waals surface area contributed by atoms with Crippen LogP contribution in [0.25, 0.3) is 0 Å². The normalized spacial score (nSPS) is 12.4. The number of benzene rings is 1. The lowest BCUT2D eigenvalue weighted by atomic mass is 10.0. The van der Waals surface area contributed by atoms with Crippen LogP contribution in [0.15, 0.2) is 42.7 Å². The molecule has 2 nitrogen and oxygen atoms in total. The lowest BCUT2D eigenvalue weighted by Gasteiger charge is -2.15. The molecular weight excluding hydrogens is 220 g/mol. The topological polar surface area (TPSA) is 24.9 Å². The molecule has 2 rings (SSSR count). The van der Waals surface area contributed by atoms with Gasteiger partial charge in [-0.3, -0.25) is 4.98 Å². The highest BCUT2D eigenvalue weighted by molar-refractivity contribution is 5.30. The molecule has 1 atom stereocenters. The van der Waals surface area contributed by atoms with Crippen molar-refractivity contribution in [3.63, 3.8) is 0 Å². The van der Waals surface area contributed by atoms with Crippen LogP contribution in [0.3, 0.4) is 0 Å². The van der Waals surface area contributed by atoms with E-state index in [-0.39, 0.29) is 0 Å². The van der Waals surface area contributed by atoms with Gasteiger partial charge < -0.3 is 5.32 Å². The highest BCUT2D eigenvalue weighted by atomic mass is 14.9. The Bertz CT molecular complexity index is 486. The number of rotatable bonds is 4. The molecule has 0 bridgehead atoms. The molecule has 0 aliphatic carbocycles. The fourth-order valence-corrected chi connectivity index (χ4v) is 2.15. The van der Waals surface area contributed by atoms with E-state index in [9.17, 15) is 0 Å². The minimum Gasteiger partial charge on any atom is -0.306 e. The molecule has 0 amide bonds. The zero-order valence-corrected chi connectivity index (χ0v) is 11.3. The Hall–Kier alpha value is -1.67. The van der Waals surface area contributed by atoms with E-state index in [0.717, 1.165) is 6.54 Å². The summed E-state index contributed by atoms with van der Waals surface area (Å²) in [5, 5.41) is 3.54. The second-order valence-electron chi connectivity index (χ2n) is 4.88. The predicted molar refractivity (Wildman–Crippen MR) is 75.4 cm³/mol. The van der Waals surface area contributed by atoms with Crippen molar-refractivity contribution in [1.29, 1.82) is 0 Å². The first-order chi connectivity index (χ1) is 8.65. The van der Waals surface area contributed by atoms with Crippen molar-refractivity contribution < 1.29 is 0 Å². The third-order valence-corrected chi connectivity index (χ3v) is 3.11. The molecule has 0 radical (unpaired) electrons. The first kappa shape index (κ1) is 12.8. The molecule has 1 N–H and O–H groups in total. The Morgan fingerprint density at radius 2 is 1.67 bits per heavy atom. The van der Waals surface area contributed by atoms with Gasteiger partial charge >= 0.3 is 0 Å². The highest BCUT2D eigenvalue weighted by Crippen LogP contribution is 2.17. The smallest absolute Gasteiger partial charge is 0.0295 e. The summed E-state index contributed by atoms with van der Waals surface area (Å²) in [7, 11) is 0. The minimum atomic E-state index is 0.358. The van der Waals surface area contributed by atoms with Crippen molar-refractivity contribution in [2.75, 3.05) is 0 Å². The number of nitrogens with one attached hydrogen (secondary N) is 1. The molecule has 0 aliphatic heterocycles. The van der Waals surface area contributed by atoms with E-state index in [4.69, 9.17) is 0 Å². The molecule has 0 saturated heterocycles. The maximum atomic E-state index is 4.03. The van der Waals surface area contributed by atoms with E-state index >= 15 is 0 Å². The van der Waals surface area contributed by atoms with Crippen molar-refractivity contribution in [3.8, 4) is 0 Å². The third kappa shape index (κ3) is 3.41. The van der Waals surface area contributed by atoms with E-state index in [1.165, 1.54) is 22.3 Å². The van der Waals surface area contributed by atoms with E-state index in [2.05, 4.69) is 49.3 Å². The molecule has 0 fully saturated rings. The number of aromatic nitrogens is 1. The molecule has 1 aromatic heterocycles. The SMILES string of the molecule is Cc1cc(C)cc(C(C)NCc2ccncc2)c1. The van der Waals surface area contributed by atoms with Gasteiger partial charge in [0, 0.05) is 25.0 Å². The fourth-order valence-electron chi connectivity index (χ4n) is 2.15. The van der Waals surface area contributed by atoms with Crippen LogP contribution in [0.2, 0.25) is 0 Å². The van der Waals surface area contributed by atoms with Gasteiger partial charge in [0.25, 0.3) is 0 Å². The largest absolute Gasteiger partial charge is 0.306 e. The summed E-state index contributed by atoms with van der Waals surface area (Å²) in [6.07, 6.45) is 3.66. The molecule has 0 saturated carbocycles. The number of aryl methyl sites for hydroxylation is 2. The number of hydrogen-bond donors (Lipinski definition) is 1. The summed E-state index contributed by atoms with van der Waals surface area (Å²) in [6.45, 7) is 7.37. The lowest BCUT2D eigenvalue weighted by molar-refractivity contribution is 0.574. The van der Waals surface area contributed by atoms with Crippen LogP contribution < -0.4 is 5.32 Å². The monoisotopic (exact) mass is 240 g/mol. The molecular formula is C16H20N2. The van der Waals surface area contributed by atoms with Crippen LogP contribution in [0.4, 0.5) is 0 Å². The molecule has 2 aromatic rings. The fraction of sp³-hybridized carbons (Fsp3) is 0.312. The Morgan fingerprint density at radius 3 is 2.28 bits per heavy atom. The Kier molecular flexibility index (Phi) is 4.11. The van der Waals surface area contributed by atoms with Gasteiger partial charge in [0.15, 0.2) is 0 Å². The Balaban J connectivity index is 2.01. The van der Waals surface area contributed by atoms with Crippen LogP contribution >= 0.6 is 0 Å². The highest BCUT2D eigenvalue weighted by Gasteiger charge is 2.05. The van der Waals surface area contributed by atoms with Gasteiger partial charge in [0.1, 0.15) is 0 Å². The van der Waals surface area contributed by atoms with Gasteiger partial charge in [0.05, 0.1) is 0 Å². The van der Waals surface area contributed by atoms with Crippen LogP contribution in [0.5, 0.6) is 0 Å². The average Bonchev–Trinajstić information content (AvgIpc) is 2.36. The molecule has 18 heavy (non-hydrogen) atoms. The van der Waals surface area contributed by atoms with Crippen LogP contribution in [-0.4, -0.2) is 4.98 Å². The van der Waals surface area contributed by atoms with E-state index in [1.807, 2.05) is 24.5 Å². The number of pyridine rings is 1. The van der Waals surface area contributed by atoms with Gasteiger partial charge in [0.2, 0.25) is 0 Å². The first-order valence-corrected chi connectivity index (χ1v) is 6.35. The van der Waals surface area contributed by atoms with Crippen LogP contribution in [0.1, 0.15) is 35.2 Å². The number of nitrogens with zero attached hydrogens (tertiary/aromatic N) is 1. The Morgan fingerprint density at radius 1 is 1.06 bits per heavy atom. The minimum absolute atomic E-state index is 0.358. The summed E-state index contributed by atoms with van der Waals surface area (Å²) in [6, 6.07) is 11.1. The molecule has 0 aliphatic rings. The molecule has 1 heterocycles. The quantitative estimate of drug-likeness (QED) is 0.884. The Labute approximate surface area is 109 Å². The number of hydrogen-bond acceptors (Lipinski definition) is 2. The van der Waals surface area contributed by atoms with Gasteiger partial charge in [-0.15, -0.1) is 0 Å². The van der Waals surface area contributed by atoms with Crippen molar-refractivity contribution in [2.45, 2.75) is 33.4 Å². The molecule has 2 heteroatoms. The van der Waals surface area contributed by atoms with Crippen molar-refractivity contribution in [2.24, 2.45) is 0 Å². The van der Waals surface area contributed by atoms with Crippen LogP contribution in [0, 0.1) is 13.8 Å². The van der Waals surface area contributed by atoms with Crippen LogP contribution in [-0.2, 0) is 6.54 Å². The van der Waals surface area contributed by atoms with E-state index < -0.39 is 0 Å². The standard InChI is InChI=1S/C16H20N2/c1-12-8-13(2)10-16(9-12)14(3)18-11-15-4-6-17-7-5-15/h4-10,14,18H,11H2,1-3H3. The zero-order valence-electron chi connectivity index (χ0n) is 11.3. The molecule has 1 aromatic carbocycles. The predicted octanol–water partition coefficient (Wildman–Crippen LogP) is 3.55. The second kappa shape index (κ2) is 5.78. The van der Waals surface area contributed by atoms with E-state index in [0.29, 0.717) is 6.04 Å². The third-order valence-electron chi connectivity index (χ3n) is 3.11. The molecule has 1 unspecified atom stereocenters. The van der Waals surface area contributed by atoms with Gasteiger partial charge in [-0.2, -0.15) is 0 Å². The molecule has 0 spiro atoms. The first-order valence-electron chi connectivity index (χ1n) is 6.35. The zero-order chi connectivity index (χ0) is 13.0. The molecule has 94 valence electrons. The second-order valence-corrected chi connectivity index (χ2v) is 4.88. The van der Waals surface area contributed by atoms with Gasteiger partial charge in [-0.1, -0.05) is 29.3 Å². The van der Waals surface area contributed by atoms with Crippen molar-refractivity contribution in [1.82, 2.24) is 10.3 Å². The van der Waals surface area contributed by atoms with Crippen molar-refractivity contribution in [3.05, 3.63) is 65.0 Å². The van der Waals surface area contributed by atoms with Gasteiger partial charge in [-0.05, 0) is 44.0 Å². The summed E-state index contributed by atoms with van der Waals surface area (Å²) in [5.74, 6) is 0. The summed E-state index contributed by atoms with van der Waals surface area (Å²) < 4.78 is 0. The average molecular weight is 240 g/mol. The summed E-state index contributed by atoms with van der Waals surface area (Å²) in [4.78, 5) is 4.03. The summed E-state index contributed by atoms with van der Waals surface area (Å²) >= 11 is 0. The maximum Gasteiger partial charge on any atom is 0.0295 e.